The van der Waals surface area contributed by atoms with Gasteiger partial charge in [-0.2, -0.15) is 0 Å². The van der Waals surface area contributed by atoms with Crippen molar-refractivity contribution in [1.82, 2.24) is 0 Å². The fraction of sp³-hybridized carbons (Fsp3) is 0.789. The summed E-state index contributed by atoms with van der Waals surface area (Å²) in [5.74, 6) is -1.87. The van der Waals surface area contributed by atoms with Crippen LogP contribution >= 0.6 is 0 Å². The molecule has 0 amide bonds. The summed E-state index contributed by atoms with van der Waals surface area (Å²) >= 11 is 0. The van der Waals surface area contributed by atoms with E-state index in [0.717, 1.165) is 11.1 Å². The first-order chi connectivity index (χ1) is 37.4. The van der Waals surface area contributed by atoms with Gasteiger partial charge in [0.25, 0.3) is 0 Å². The Labute approximate surface area is 461 Å². The molecule has 4 aliphatic carbocycles. The van der Waals surface area contributed by atoms with Crippen molar-refractivity contribution in [2.75, 3.05) is 27.9 Å². The van der Waals surface area contributed by atoms with Crippen molar-refractivity contribution in [2.24, 2.45) is 16.7 Å². The third-order valence-electron chi connectivity index (χ3n) is 19.6. The Hall–Kier alpha value is -2.92. The summed E-state index contributed by atoms with van der Waals surface area (Å²) in [5.41, 5.74) is -6.42. The minimum Gasteiger partial charge on any atom is -0.458 e. The molecule has 0 aromatic heterocycles. The lowest BCUT2D eigenvalue weighted by atomic mass is 9.42. The third kappa shape index (κ3) is 10.6. The topological polar surface area (TPSA) is 307 Å². The van der Waals surface area contributed by atoms with Gasteiger partial charge in [0.15, 0.2) is 30.9 Å². The summed E-state index contributed by atoms with van der Waals surface area (Å²) in [4.78, 5) is 27.0. The molecule has 9 rings (SSSR count). The van der Waals surface area contributed by atoms with Crippen molar-refractivity contribution in [3.05, 3.63) is 53.6 Å². The molecule has 0 bridgehead atoms. The highest BCUT2D eigenvalue weighted by molar-refractivity contribution is 5.88. The van der Waals surface area contributed by atoms with Crippen LogP contribution in [-0.2, 0) is 66.4 Å². The molecule has 7 fully saturated rings. The van der Waals surface area contributed by atoms with E-state index in [1.54, 1.807) is 34.0 Å². The number of carbonyl (C=O) groups excluding carboxylic acids is 2. The number of fused-ring (bicyclic) bond motifs is 5. The number of ether oxygens (including phenoxy) is 12. The number of ketones is 1. The van der Waals surface area contributed by atoms with Crippen molar-refractivity contribution in [3.8, 4) is 0 Å². The monoisotopic (exact) mass is 1120 g/mol. The quantitative estimate of drug-likeness (QED) is 0.0661. The molecule has 26 atom stereocenters. The Morgan fingerprint density at radius 2 is 1.30 bits per heavy atom. The van der Waals surface area contributed by atoms with E-state index in [9.17, 15) is 50.4 Å². The first kappa shape index (κ1) is 60.7. The van der Waals surface area contributed by atoms with E-state index in [1.807, 2.05) is 43.3 Å². The lowest BCUT2D eigenvalue weighted by Gasteiger charge is -2.67. The van der Waals surface area contributed by atoms with Gasteiger partial charge in [-0.1, -0.05) is 48.9 Å². The van der Waals surface area contributed by atoms with Crippen LogP contribution in [0.15, 0.2) is 48.1 Å². The zero-order valence-corrected chi connectivity index (χ0v) is 46.6. The summed E-state index contributed by atoms with van der Waals surface area (Å²) in [5, 5.41) is 90.5. The van der Waals surface area contributed by atoms with Gasteiger partial charge in [0.2, 0.25) is 0 Å². The summed E-state index contributed by atoms with van der Waals surface area (Å²) in [6.07, 6.45) is -12.7. The van der Waals surface area contributed by atoms with Crippen molar-refractivity contribution in [3.63, 3.8) is 0 Å². The first-order valence-corrected chi connectivity index (χ1v) is 27.9. The van der Waals surface area contributed by atoms with Crippen molar-refractivity contribution in [1.29, 1.82) is 0 Å². The Morgan fingerprint density at radius 3 is 1.92 bits per heavy atom. The first-order valence-electron chi connectivity index (χ1n) is 27.9. The summed E-state index contributed by atoms with van der Waals surface area (Å²) < 4.78 is 74.1. The summed E-state index contributed by atoms with van der Waals surface area (Å²) in [6, 6.07) is 9.24. The number of benzene rings is 1. The second-order valence-electron chi connectivity index (χ2n) is 23.7. The Bertz CT molecular complexity index is 2340. The molecule has 4 heterocycles. The smallest absolute Gasteiger partial charge is 0.331 e. The van der Waals surface area contributed by atoms with Crippen LogP contribution in [0.2, 0.25) is 0 Å². The average molecular weight is 1120 g/mol. The maximum Gasteiger partial charge on any atom is 0.331 e. The normalized spacial score (nSPS) is 49.1. The largest absolute Gasteiger partial charge is 0.458 e. The zero-order valence-electron chi connectivity index (χ0n) is 46.6. The molecule has 0 radical (unpaired) electrons. The van der Waals surface area contributed by atoms with E-state index in [1.165, 1.54) is 27.2 Å². The van der Waals surface area contributed by atoms with E-state index >= 15 is 0 Å². The molecule has 0 unspecified atom stereocenters. The van der Waals surface area contributed by atoms with Crippen molar-refractivity contribution in [2.45, 2.75) is 239 Å². The molecular formula is C57H84O22. The summed E-state index contributed by atoms with van der Waals surface area (Å²) in [6.45, 7) is 9.58. The van der Waals surface area contributed by atoms with Gasteiger partial charge in [-0.05, 0) is 96.6 Å². The van der Waals surface area contributed by atoms with Crippen LogP contribution in [0.3, 0.4) is 0 Å². The number of methoxy groups -OCH3 is 3. The number of hydrogen-bond donors (Lipinski definition) is 8. The van der Waals surface area contributed by atoms with Gasteiger partial charge >= 0.3 is 5.97 Å². The molecule has 22 nitrogen and oxygen atoms in total. The third-order valence-corrected chi connectivity index (χ3v) is 19.6. The standard InChI is InChI=1S/C57H84O22/c1-28-47(77-42-25-36(69-8)48(29(2)72-42)78-52-46(64)50(70-9)49(30(3)73-52)79-51-45(63)44(62)43(61)37(27-58)75-51)35(68-7)24-41(71-28)74-34-18-19-53(5)33(23-34)17-20-56(66)38(53)26-39(76-40(60)16-15-32-13-11-10-12-14-32)54(6)55(65,31(4)59)21-22-57(54,56)67/h10-17,28-30,34-39,41-52,58,61-67H,18-27H2,1-9H3/t28-,29-,30-,34+,35+,36+,37-,38-,39-,41+,42+,43-,44+,45-,46-,47-,48-,49-,50-,51+,52+,53+,54-,55-,56+,57-/m1/s1. The predicted octanol–water partition coefficient (Wildman–Crippen LogP) is 1.50. The number of aliphatic hydroxyl groups is 8. The van der Waals surface area contributed by atoms with Gasteiger partial charge in [0.1, 0.15) is 77.8 Å². The maximum atomic E-state index is 13.6. The van der Waals surface area contributed by atoms with Gasteiger partial charge in [0, 0.05) is 46.2 Å². The lowest BCUT2D eigenvalue weighted by molar-refractivity contribution is -0.373. The van der Waals surface area contributed by atoms with Crippen LogP contribution in [0.25, 0.3) is 6.08 Å². The van der Waals surface area contributed by atoms with Crippen LogP contribution in [-0.4, -0.2) is 220 Å². The van der Waals surface area contributed by atoms with Crippen molar-refractivity contribution < 1.29 is 107 Å². The molecule has 1 aromatic carbocycles. The zero-order chi connectivity index (χ0) is 57.1. The van der Waals surface area contributed by atoms with Crippen LogP contribution in [0.4, 0.5) is 0 Å². The van der Waals surface area contributed by atoms with Gasteiger partial charge in [-0.3, -0.25) is 4.79 Å². The molecule has 4 aliphatic heterocycles. The van der Waals surface area contributed by atoms with Gasteiger partial charge < -0.3 is 97.7 Å². The molecule has 444 valence electrons. The van der Waals surface area contributed by atoms with Gasteiger partial charge in [-0.15, -0.1) is 0 Å². The molecule has 79 heavy (non-hydrogen) atoms. The Morgan fingerprint density at radius 1 is 0.696 bits per heavy atom. The van der Waals surface area contributed by atoms with Crippen LogP contribution < -0.4 is 0 Å². The van der Waals surface area contributed by atoms with Crippen LogP contribution in [0.1, 0.15) is 105 Å². The average Bonchev–Trinajstić information content (AvgIpc) is 3.25. The number of carbonyl (C=O) groups is 2. The molecule has 22 heteroatoms. The molecule has 0 spiro atoms. The second kappa shape index (κ2) is 23.6. The Balaban J connectivity index is 0.816. The van der Waals surface area contributed by atoms with Crippen LogP contribution in [0.5, 0.6) is 0 Å². The number of Topliss-reactive ketones (excluding diaryl/α,β-unsaturated/α-hetero) is 1. The highest BCUT2D eigenvalue weighted by atomic mass is 16.8. The minimum atomic E-state index is -2.07. The van der Waals surface area contributed by atoms with E-state index in [4.69, 9.17) is 56.8 Å². The number of rotatable bonds is 16. The van der Waals surface area contributed by atoms with Gasteiger partial charge in [-0.25, -0.2) is 4.79 Å². The molecule has 4 saturated heterocycles. The SMILES string of the molecule is CO[C@@H]1[C@@H](O)[C@H](O[C@H]2[C@@H](OC)C[C@H](O[C@H]3[C@@H](OC)C[C@H](O[C@H]4CC[C@@]5(C)C(=CC[C@]6(O)[C@@H]5C[C@@H](OC(=O)C=Cc5ccccc5)[C@@]5(C)[C@]6(O)CC[C@@]5(O)C(C)=O)C4)O[C@@H]3C)O[C@@H]2C)O[C@H](C)[C@H]1O[C@@H]1O[C@H](CO)[C@@H](O)[C@H](O)[C@H]1O. The fourth-order valence-corrected chi connectivity index (χ4v) is 14.8. The van der Waals surface area contributed by atoms with Gasteiger partial charge in [0.05, 0.1) is 48.6 Å². The predicted molar refractivity (Wildman–Crippen MR) is 275 cm³/mol. The number of esters is 1. The molecule has 8 aliphatic rings. The highest BCUT2D eigenvalue weighted by Gasteiger charge is 2.81. The van der Waals surface area contributed by atoms with Crippen molar-refractivity contribution >= 4 is 17.8 Å². The maximum absolute atomic E-state index is 13.6. The number of hydrogen-bond acceptors (Lipinski definition) is 22. The molecular weight excluding hydrogens is 1040 g/mol. The van der Waals surface area contributed by atoms with E-state index in [-0.39, 0.29) is 38.2 Å². The van der Waals surface area contributed by atoms with E-state index in [2.05, 4.69) is 6.92 Å². The minimum absolute atomic E-state index is 0.0567. The molecule has 8 N–H and O–H groups in total. The fourth-order valence-electron chi connectivity index (χ4n) is 14.8. The van der Waals surface area contributed by atoms with E-state index < -0.39 is 169 Å². The summed E-state index contributed by atoms with van der Waals surface area (Å²) in [7, 11) is 4.49. The van der Waals surface area contributed by atoms with E-state index in [0.29, 0.717) is 25.7 Å². The second-order valence-corrected chi connectivity index (χ2v) is 23.7. The lowest BCUT2D eigenvalue weighted by Crippen LogP contribution is -2.78. The molecule has 3 saturated carbocycles. The molecule has 1 aromatic rings. The Kier molecular flexibility index (Phi) is 18.1. The highest BCUT2D eigenvalue weighted by Crippen LogP contribution is 2.71. The van der Waals surface area contributed by atoms with Crippen LogP contribution in [0, 0.1) is 16.7 Å². The number of aliphatic hydroxyl groups excluding tert-OH is 5.